The lowest BCUT2D eigenvalue weighted by Crippen LogP contribution is -2.38. The van der Waals surface area contributed by atoms with Gasteiger partial charge in [-0.15, -0.1) is 0 Å². The van der Waals surface area contributed by atoms with E-state index < -0.39 is 0 Å². The van der Waals surface area contributed by atoms with Crippen LogP contribution in [0.1, 0.15) is 47.0 Å². The smallest absolute Gasteiger partial charge is 0.356 e. The van der Waals surface area contributed by atoms with Crippen molar-refractivity contribution in [1.82, 2.24) is 15.8 Å². The van der Waals surface area contributed by atoms with E-state index in [4.69, 9.17) is 4.74 Å². The topological polar surface area (TPSA) is 66.0 Å². The molecule has 0 aromatic carbocycles. The van der Waals surface area contributed by atoms with E-state index in [0.717, 1.165) is 46.6 Å². The highest BCUT2D eigenvalue weighted by molar-refractivity contribution is 14.1. The first-order valence-electron chi connectivity index (χ1n) is 8.69. The van der Waals surface area contributed by atoms with Crippen molar-refractivity contribution in [3.05, 3.63) is 34.4 Å². The van der Waals surface area contributed by atoms with Crippen LogP contribution in [0.15, 0.2) is 39.4 Å². The third-order valence-corrected chi connectivity index (χ3v) is 4.98. The first-order valence-corrected chi connectivity index (χ1v) is 9.77. The lowest BCUT2D eigenvalue weighted by Gasteiger charge is -2.27. The Kier molecular flexibility index (Phi) is 5.13. The summed E-state index contributed by atoms with van der Waals surface area (Å²) in [7, 11) is 0. The van der Waals surface area contributed by atoms with Crippen molar-refractivity contribution in [3.8, 4) is 0 Å². The molecule has 0 aromatic heterocycles. The number of ether oxygens (including phenoxy) is 1. The van der Waals surface area contributed by atoms with Gasteiger partial charge in [0.15, 0.2) is 3.84 Å². The van der Waals surface area contributed by atoms with Crippen LogP contribution < -0.4 is 10.7 Å². The normalized spacial score (nSPS) is 19.6. The minimum Gasteiger partial charge on any atom is -0.461 e. The highest BCUT2D eigenvalue weighted by Crippen LogP contribution is 2.39. The molecule has 0 spiro atoms. The lowest BCUT2D eigenvalue weighted by atomic mass is 9.91. The zero-order valence-corrected chi connectivity index (χ0v) is 17.4. The zero-order valence-electron chi connectivity index (χ0n) is 15.2. The number of hydrazine groups is 1. The van der Waals surface area contributed by atoms with Gasteiger partial charge in [-0.3, -0.25) is 10.4 Å². The summed E-state index contributed by atoms with van der Waals surface area (Å²) in [5.74, 6) is -0.249. The predicted octanol–water partition coefficient (Wildman–Crippen LogP) is 3.34. The average molecular weight is 456 g/mol. The van der Waals surface area contributed by atoms with E-state index in [9.17, 15) is 4.79 Å². The number of halogens is 1. The van der Waals surface area contributed by atoms with Crippen molar-refractivity contribution >= 4 is 32.4 Å². The van der Waals surface area contributed by atoms with Gasteiger partial charge in [0.25, 0.3) is 0 Å². The molecule has 2 heterocycles. The van der Waals surface area contributed by atoms with Crippen LogP contribution in [-0.4, -0.2) is 28.0 Å². The molecule has 0 fully saturated rings. The second-order valence-electron chi connectivity index (χ2n) is 7.57. The van der Waals surface area contributed by atoms with Crippen molar-refractivity contribution in [3.63, 3.8) is 0 Å². The van der Waals surface area contributed by atoms with Gasteiger partial charge in [-0.2, -0.15) is 0 Å². The summed E-state index contributed by atoms with van der Waals surface area (Å²) in [6, 6.07) is 0. The molecule has 1 aliphatic carbocycles. The Morgan fingerprint density at radius 3 is 2.80 bits per heavy atom. The molecule has 0 radical (unpaired) electrons. The maximum absolute atomic E-state index is 12.6. The van der Waals surface area contributed by atoms with Crippen LogP contribution in [0, 0.1) is 5.41 Å². The quantitative estimate of drug-likeness (QED) is 0.386. The fourth-order valence-corrected chi connectivity index (χ4v) is 3.53. The number of aliphatic imine (C=N–C) groups is 1. The molecule has 136 valence electrons. The SMILES string of the molecule is CCOC(=O)C1=C2CCC3=CN=C(I)NC3=C2NN1CCC(C)(C)C. The van der Waals surface area contributed by atoms with Crippen LogP contribution in [0.5, 0.6) is 0 Å². The van der Waals surface area contributed by atoms with Crippen molar-refractivity contribution in [2.24, 2.45) is 10.4 Å². The van der Waals surface area contributed by atoms with Gasteiger partial charge >= 0.3 is 5.97 Å². The van der Waals surface area contributed by atoms with Crippen molar-refractivity contribution in [2.75, 3.05) is 13.2 Å². The van der Waals surface area contributed by atoms with Crippen LogP contribution in [0.3, 0.4) is 0 Å². The first kappa shape index (κ1) is 18.3. The Morgan fingerprint density at radius 1 is 1.36 bits per heavy atom. The van der Waals surface area contributed by atoms with Crippen LogP contribution >= 0.6 is 22.6 Å². The summed E-state index contributed by atoms with van der Waals surface area (Å²) in [5.41, 5.74) is 8.53. The molecule has 0 saturated carbocycles. The van der Waals surface area contributed by atoms with Gasteiger partial charge in [-0.25, -0.2) is 9.79 Å². The Morgan fingerprint density at radius 2 is 2.12 bits per heavy atom. The van der Waals surface area contributed by atoms with E-state index in [1.165, 1.54) is 5.57 Å². The molecular weight excluding hydrogens is 431 g/mol. The monoisotopic (exact) mass is 456 g/mol. The second-order valence-corrected chi connectivity index (χ2v) is 8.59. The van der Waals surface area contributed by atoms with Gasteiger partial charge in [0, 0.05) is 18.3 Å². The third-order valence-electron chi connectivity index (χ3n) is 4.44. The number of allylic oxidation sites excluding steroid dienone is 2. The van der Waals surface area contributed by atoms with E-state index in [-0.39, 0.29) is 11.4 Å². The number of hydrogen-bond acceptors (Lipinski definition) is 6. The first-order chi connectivity index (χ1) is 11.8. The number of amidine groups is 1. The standard InChI is InChI=1S/C18H25IN4O2/c1-5-25-16(24)15-12-7-6-11-10-20-17(19)21-13(11)14(12)22-23(15)9-8-18(2,3)4/h10,22H,5-9H2,1-4H3,(H,20,21). The average Bonchev–Trinajstić information content (AvgIpc) is 2.91. The second kappa shape index (κ2) is 7.01. The molecule has 7 heteroatoms. The Balaban J connectivity index is 1.97. The van der Waals surface area contributed by atoms with Crippen molar-refractivity contribution in [2.45, 2.75) is 47.0 Å². The van der Waals surface area contributed by atoms with Crippen LogP contribution in [0.25, 0.3) is 0 Å². The summed E-state index contributed by atoms with van der Waals surface area (Å²) in [4.78, 5) is 17.0. The molecular formula is C18H25IN4O2. The van der Waals surface area contributed by atoms with E-state index in [1.54, 1.807) is 0 Å². The Hall–Kier alpha value is -1.51. The number of fused-ring (bicyclic) bond motifs is 2. The number of carbonyl (C=O) groups is 1. The summed E-state index contributed by atoms with van der Waals surface area (Å²) in [5, 5.41) is 5.31. The molecule has 0 amide bonds. The van der Waals surface area contributed by atoms with Crippen LogP contribution in [0.4, 0.5) is 0 Å². The Bertz CT molecular complexity index is 713. The fourth-order valence-electron chi connectivity index (χ4n) is 3.12. The molecule has 0 saturated heterocycles. The molecule has 3 rings (SSSR count). The van der Waals surface area contributed by atoms with Gasteiger partial charge < -0.3 is 10.1 Å². The van der Waals surface area contributed by atoms with Crippen LogP contribution in [0.2, 0.25) is 0 Å². The summed E-state index contributed by atoms with van der Waals surface area (Å²) >= 11 is 2.18. The molecule has 0 unspecified atom stereocenters. The van der Waals surface area contributed by atoms with E-state index in [1.807, 2.05) is 18.1 Å². The highest BCUT2D eigenvalue weighted by Gasteiger charge is 2.37. The molecule has 0 bridgehead atoms. The zero-order chi connectivity index (χ0) is 18.2. The third kappa shape index (κ3) is 3.86. The van der Waals surface area contributed by atoms with Crippen LogP contribution in [-0.2, 0) is 9.53 Å². The largest absolute Gasteiger partial charge is 0.461 e. The van der Waals surface area contributed by atoms with Gasteiger partial charge in [0.2, 0.25) is 0 Å². The Labute approximate surface area is 162 Å². The number of rotatable bonds is 4. The lowest BCUT2D eigenvalue weighted by molar-refractivity contribution is -0.140. The fraction of sp³-hybridized carbons (Fsp3) is 0.556. The highest BCUT2D eigenvalue weighted by atomic mass is 127. The minimum atomic E-state index is -0.249. The van der Waals surface area contributed by atoms with E-state index in [2.05, 4.69) is 59.1 Å². The van der Waals surface area contributed by atoms with E-state index in [0.29, 0.717) is 12.3 Å². The number of nitrogens with zero attached hydrogens (tertiary/aromatic N) is 2. The number of nitrogens with one attached hydrogen (secondary N) is 2. The number of esters is 1. The predicted molar refractivity (Wildman–Crippen MR) is 107 cm³/mol. The molecule has 25 heavy (non-hydrogen) atoms. The number of hydrogen-bond donors (Lipinski definition) is 2. The van der Waals surface area contributed by atoms with Gasteiger partial charge in [-0.05, 0) is 59.8 Å². The summed E-state index contributed by atoms with van der Waals surface area (Å²) < 4.78 is 6.16. The summed E-state index contributed by atoms with van der Waals surface area (Å²) in [6.07, 6.45) is 4.56. The molecule has 2 aliphatic heterocycles. The molecule has 2 N–H and O–H groups in total. The van der Waals surface area contributed by atoms with Gasteiger partial charge in [0.1, 0.15) is 5.70 Å². The molecule has 6 nitrogen and oxygen atoms in total. The van der Waals surface area contributed by atoms with Crippen molar-refractivity contribution in [1.29, 1.82) is 0 Å². The van der Waals surface area contributed by atoms with Crippen molar-refractivity contribution < 1.29 is 9.53 Å². The van der Waals surface area contributed by atoms with E-state index >= 15 is 0 Å². The molecule has 0 atom stereocenters. The van der Waals surface area contributed by atoms with Gasteiger partial charge in [-0.1, -0.05) is 20.8 Å². The maximum atomic E-state index is 12.6. The molecule has 3 aliphatic rings. The maximum Gasteiger partial charge on any atom is 0.356 e. The minimum absolute atomic E-state index is 0.188. The molecule has 0 aromatic rings. The van der Waals surface area contributed by atoms with Gasteiger partial charge in [0.05, 0.1) is 18.0 Å². The summed E-state index contributed by atoms with van der Waals surface area (Å²) in [6.45, 7) is 9.59. The number of carbonyl (C=O) groups excluding carboxylic acids is 1.